The summed E-state index contributed by atoms with van der Waals surface area (Å²) in [6, 6.07) is 0. The lowest BCUT2D eigenvalue weighted by Gasteiger charge is -2.16. The minimum absolute atomic E-state index is 0.132. The SMILES string of the molecule is CCN1C(=O)/C(=C(C)/C=C2\SCCN2CC)OC1=S. The average molecular weight is 298 g/mol. The molecule has 0 aliphatic carbocycles. The van der Waals surface area contributed by atoms with Crippen LogP contribution in [0.15, 0.2) is 22.4 Å². The maximum Gasteiger partial charge on any atom is 0.297 e. The van der Waals surface area contributed by atoms with E-state index in [1.165, 1.54) is 9.93 Å². The van der Waals surface area contributed by atoms with Gasteiger partial charge in [0.25, 0.3) is 11.1 Å². The second kappa shape index (κ2) is 5.96. The van der Waals surface area contributed by atoms with Gasteiger partial charge in [-0.25, -0.2) is 0 Å². The molecule has 2 rings (SSSR count). The van der Waals surface area contributed by atoms with Crippen LogP contribution in [0, 0.1) is 0 Å². The summed E-state index contributed by atoms with van der Waals surface area (Å²) in [5, 5.41) is 1.46. The number of amides is 1. The molecule has 4 nitrogen and oxygen atoms in total. The van der Waals surface area contributed by atoms with Gasteiger partial charge < -0.3 is 9.64 Å². The van der Waals surface area contributed by atoms with Crippen molar-refractivity contribution in [2.45, 2.75) is 20.8 Å². The highest BCUT2D eigenvalue weighted by Crippen LogP contribution is 2.30. The van der Waals surface area contributed by atoms with Crippen LogP contribution >= 0.6 is 24.0 Å². The van der Waals surface area contributed by atoms with Gasteiger partial charge in [0, 0.05) is 31.0 Å². The van der Waals surface area contributed by atoms with E-state index in [0.29, 0.717) is 12.3 Å². The Kier molecular flexibility index (Phi) is 4.52. The summed E-state index contributed by atoms with van der Waals surface area (Å²) in [6.07, 6.45) is 2.02. The normalized spacial score (nSPS) is 24.5. The van der Waals surface area contributed by atoms with E-state index in [4.69, 9.17) is 17.0 Å². The number of thioether (sulfide) groups is 1. The zero-order valence-electron chi connectivity index (χ0n) is 11.4. The molecule has 0 radical (unpaired) electrons. The molecule has 0 aromatic heterocycles. The first kappa shape index (κ1) is 14.4. The molecule has 0 atom stereocenters. The summed E-state index contributed by atoms with van der Waals surface area (Å²) in [6.45, 7) is 8.50. The van der Waals surface area contributed by atoms with Crippen molar-refractivity contribution in [2.75, 3.05) is 25.4 Å². The molecule has 0 spiro atoms. The molecule has 1 amide bonds. The Bertz CT molecular complexity index is 471. The van der Waals surface area contributed by atoms with Gasteiger partial charge >= 0.3 is 0 Å². The van der Waals surface area contributed by atoms with Crippen molar-refractivity contribution in [3.05, 3.63) is 22.4 Å². The van der Waals surface area contributed by atoms with Crippen LogP contribution in [-0.4, -0.2) is 46.3 Å². The summed E-state index contributed by atoms with van der Waals surface area (Å²) < 4.78 is 5.43. The van der Waals surface area contributed by atoms with E-state index in [1.807, 2.05) is 31.7 Å². The van der Waals surface area contributed by atoms with Gasteiger partial charge in [0.15, 0.2) is 5.76 Å². The van der Waals surface area contributed by atoms with Crippen LogP contribution in [0.1, 0.15) is 20.8 Å². The van der Waals surface area contributed by atoms with Crippen LogP contribution < -0.4 is 0 Å². The summed E-state index contributed by atoms with van der Waals surface area (Å²) in [5.41, 5.74) is 0.839. The Labute approximate surface area is 123 Å². The fourth-order valence-electron chi connectivity index (χ4n) is 2.07. The number of carbonyl (C=O) groups is 1. The number of hydrogen-bond donors (Lipinski definition) is 0. The summed E-state index contributed by atoms with van der Waals surface area (Å²) in [5.74, 6) is 1.33. The highest BCUT2D eigenvalue weighted by atomic mass is 32.2. The van der Waals surface area contributed by atoms with Gasteiger partial charge in [-0.15, -0.1) is 11.8 Å². The molecule has 0 saturated carbocycles. The summed E-state index contributed by atoms with van der Waals surface area (Å²) in [4.78, 5) is 15.9. The Morgan fingerprint density at radius 3 is 2.79 bits per heavy atom. The predicted octanol–water partition coefficient (Wildman–Crippen LogP) is 2.33. The number of likely N-dealkylation sites (N-methyl/N-ethyl adjacent to an activating group) is 1. The molecule has 2 aliphatic heterocycles. The van der Waals surface area contributed by atoms with E-state index in [0.717, 1.165) is 24.4 Å². The van der Waals surface area contributed by atoms with Crippen LogP contribution in [0.25, 0.3) is 0 Å². The molecule has 104 valence electrons. The van der Waals surface area contributed by atoms with E-state index in [2.05, 4.69) is 11.8 Å². The van der Waals surface area contributed by atoms with Crippen molar-refractivity contribution >= 4 is 35.1 Å². The molecule has 2 aliphatic rings. The van der Waals surface area contributed by atoms with Crippen molar-refractivity contribution in [1.82, 2.24) is 9.80 Å². The second-order valence-electron chi connectivity index (χ2n) is 4.34. The molecular weight excluding hydrogens is 280 g/mol. The number of thiocarbonyl (C=S) groups is 1. The zero-order valence-corrected chi connectivity index (χ0v) is 13.1. The maximum absolute atomic E-state index is 12.1. The minimum atomic E-state index is -0.132. The molecule has 19 heavy (non-hydrogen) atoms. The lowest BCUT2D eigenvalue weighted by Crippen LogP contribution is -2.28. The van der Waals surface area contributed by atoms with E-state index >= 15 is 0 Å². The molecule has 2 heterocycles. The van der Waals surface area contributed by atoms with E-state index in [1.54, 1.807) is 0 Å². The minimum Gasteiger partial charge on any atom is -0.425 e. The molecule has 0 unspecified atom stereocenters. The Morgan fingerprint density at radius 1 is 1.47 bits per heavy atom. The topological polar surface area (TPSA) is 32.8 Å². The van der Waals surface area contributed by atoms with Crippen LogP contribution in [0.3, 0.4) is 0 Å². The molecule has 2 fully saturated rings. The first-order chi connectivity index (χ1) is 9.08. The molecule has 0 aromatic rings. The van der Waals surface area contributed by atoms with Gasteiger partial charge in [-0.05, 0) is 39.1 Å². The second-order valence-corrected chi connectivity index (χ2v) is 5.80. The highest BCUT2D eigenvalue weighted by Gasteiger charge is 2.33. The number of hydrogen-bond acceptors (Lipinski definition) is 5. The van der Waals surface area contributed by atoms with E-state index in [-0.39, 0.29) is 11.1 Å². The van der Waals surface area contributed by atoms with Crippen molar-refractivity contribution < 1.29 is 9.53 Å². The Hall–Kier alpha value is -1.01. The molecule has 0 bridgehead atoms. The number of carbonyl (C=O) groups excluding carboxylic acids is 1. The fourth-order valence-corrected chi connectivity index (χ4v) is 3.55. The van der Waals surface area contributed by atoms with Crippen LogP contribution in [0.2, 0.25) is 0 Å². The van der Waals surface area contributed by atoms with Crippen LogP contribution in [-0.2, 0) is 9.53 Å². The van der Waals surface area contributed by atoms with E-state index < -0.39 is 0 Å². The van der Waals surface area contributed by atoms with Gasteiger partial charge in [0.1, 0.15) is 0 Å². The predicted molar refractivity (Wildman–Crippen MR) is 81.6 cm³/mol. The smallest absolute Gasteiger partial charge is 0.297 e. The Balaban J connectivity index is 2.26. The van der Waals surface area contributed by atoms with Crippen molar-refractivity contribution in [1.29, 1.82) is 0 Å². The first-order valence-corrected chi connectivity index (χ1v) is 7.81. The summed E-state index contributed by atoms with van der Waals surface area (Å²) in [7, 11) is 0. The van der Waals surface area contributed by atoms with Gasteiger partial charge in [-0.2, -0.15) is 0 Å². The number of ether oxygens (including phenoxy) is 1. The van der Waals surface area contributed by atoms with Gasteiger partial charge in [0.2, 0.25) is 0 Å². The first-order valence-electron chi connectivity index (χ1n) is 6.42. The van der Waals surface area contributed by atoms with Crippen LogP contribution in [0.4, 0.5) is 0 Å². The number of rotatable bonds is 3. The maximum atomic E-state index is 12.1. The van der Waals surface area contributed by atoms with E-state index in [9.17, 15) is 4.79 Å². The monoisotopic (exact) mass is 298 g/mol. The zero-order chi connectivity index (χ0) is 14.0. The van der Waals surface area contributed by atoms with Crippen LogP contribution in [0.5, 0.6) is 0 Å². The quantitative estimate of drug-likeness (QED) is 0.590. The van der Waals surface area contributed by atoms with Crippen molar-refractivity contribution in [2.24, 2.45) is 0 Å². The highest BCUT2D eigenvalue weighted by molar-refractivity contribution is 8.03. The third-order valence-corrected chi connectivity index (χ3v) is 4.53. The fraction of sp³-hybridized carbons (Fsp3) is 0.538. The summed E-state index contributed by atoms with van der Waals surface area (Å²) >= 11 is 6.86. The van der Waals surface area contributed by atoms with Crippen molar-refractivity contribution in [3.8, 4) is 0 Å². The van der Waals surface area contributed by atoms with Crippen molar-refractivity contribution in [3.63, 3.8) is 0 Å². The van der Waals surface area contributed by atoms with Gasteiger partial charge in [0.05, 0.1) is 5.03 Å². The molecule has 6 heteroatoms. The molecule has 0 N–H and O–H groups in total. The molecule has 2 saturated heterocycles. The lowest BCUT2D eigenvalue weighted by atomic mass is 10.2. The number of allylic oxidation sites excluding steroid dienone is 2. The largest absolute Gasteiger partial charge is 0.425 e. The molecular formula is C13H18N2O2S2. The third kappa shape index (κ3) is 2.79. The average Bonchev–Trinajstić information content (AvgIpc) is 2.94. The standard InChI is InChI=1S/C13H18N2O2S2/c1-4-14-6-7-19-10(14)8-9(3)11-12(16)15(5-2)13(18)17-11/h8H,4-7H2,1-3H3/b10-8-,11-9-. The Morgan fingerprint density at radius 2 is 2.21 bits per heavy atom. The third-order valence-electron chi connectivity index (χ3n) is 3.17. The van der Waals surface area contributed by atoms with Gasteiger partial charge in [-0.3, -0.25) is 9.69 Å². The molecule has 0 aromatic carbocycles. The van der Waals surface area contributed by atoms with Gasteiger partial charge in [-0.1, -0.05) is 0 Å². The lowest BCUT2D eigenvalue weighted by molar-refractivity contribution is -0.122. The number of nitrogens with zero attached hydrogens (tertiary/aromatic N) is 2.